The zero-order chi connectivity index (χ0) is 13.8. The van der Waals surface area contributed by atoms with Crippen LogP contribution in [0.5, 0.6) is 0 Å². The number of aldehydes is 1. The number of anilines is 1. The maximum absolute atomic E-state index is 11.8. The van der Waals surface area contributed by atoms with Crippen molar-refractivity contribution in [2.45, 2.75) is 6.54 Å². The lowest BCUT2D eigenvalue weighted by Crippen LogP contribution is -2.19. The van der Waals surface area contributed by atoms with E-state index in [1.807, 2.05) is 0 Å². The van der Waals surface area contributed by atoms with Crippen LogP contribution in [0.4, 0.5) is 5.69 Å². The number of nitrogens with one attached hydrogen (secondary N) is 1. The first-order chi connectivity index (χ1) is 9.08. The average Bonchev–Trinajstić information content (AvgIpc) is 2.80. The first-order valence-electron chi connectivity index (χ1n) is 5.18. The smallest absolute Gasteiger partial charge is 0.246 e. The van der Waals surface area contributed by atoms with E-state index in [0.29, 0.717) is 17.0 Å². The number of aromatic nitrogens is 3. The molecule has 1 aromatic carbocycles. The highest BCUT2D eigenvalue weighted by atomic mass is 79.9. The summed E-state index contributed by atoms with van der Waals surface area (Å²) in [6.07, 6.45) is 1.95. The van der Waals surface area contributed by atoms with Crippen molar-refractivity contribution < 1.29 is 9.59 Å². The van der Waals surface area contributed by atoms with E-state index >= 15 is 0 Å². The minimum absolute atomic E-state index is 0.0484. The van der Waals surface area contributed by atoms with Gasteiger partial charge in [0.25, 0.3) is 0 Å². The van der Waals surface area contributed by atoms with Gasteiger partial charge in [0.15, 0.2) is 6.29 Å². The van der Waals surface area contributed by atoms with E-state index in [2.05, 4.69) is 31.6 Å². The monoisotopic (exact) mass is 342 g/mol. The van der Waals surface area contributed by atoms with Crippen LogP contribution in [0.15, 0.2) is 28.9 Å². The number of halogens is 2. The van der Waals surface area contributed by atoms with Crippen LogP contribution in [0.2, 0.25) is 5.02 Å². The van der Waals surface area contributed by atoms with Gasteiger partial charge in [0, 0.05) is 4.47 Å². The lowest BCUT2D eigenvalue weighted by Gasteiger charge is -2.07. The Balaban J connectivity index is 2.02. The molecular formula is C11H8BrClN4O2. The minimum Gasteiger partial charge on any atom is -0.323 e. The van der Waals surface area contributed by atoms with E-state index in [0.717, 1.165) is 4.47 Å². The molecule has 0 atom stereocenters. The Kier molecular flexibility index (Phi) is 4.28. The predicted octanol–water partition coefficient (Wildman–Crippen LogP) is 2.15. The molecule has 1 N–H and O–H groups in total. The molecule has 0 radical (unpaired) electrons. The molecule has 0 spiro atoms. The molecule has 0 aliphatic rings. The summed E-state index contributed by atoms with van der Waals surface area (Å²) in [7, 11) is 0. The Hall–Kier alpha value is -1.73. The number of hydrogen-bond donors (Lipinski definition) is 1. The van der Waals surface area contributed by atoms with Crippen molar-refractivity contribution in [1.82, 2.24) is 15.0 Å². The lowest BCUT2D eigenvalue weighted by molar-refractivity contribution is -0.116. The molecule has 0 unspecified atom stereocenters. The van der Waals surface area contributed by atoms with Gasteiger partial charge in [-0.3, -0.25) is 9.59 Å². The number of rotatable bonds is 4. The molecule has 0 bridgehead atoms. The molecule has 1 amide bonds. The summed E-state index contributed by atoms with van der Waals surface area (Å²) in [6.45, 7) is -0.0484. The molecule has 6 nitrogen and oxygen atoms in total. The first-order valence-corrected chi connectivity index (χ1v) is 6.36. The molecule has 98 valence electrons. The van der Waals surface area contributed by atoms with Crippen LogP contribution < -0.4 is 5.32 Å². The number of hydrogen-bond acceptors (Lipinski definition) is 4. The molecular weight excluding hydrogens is 336 g/mol. The van der Waals surface area contributed by atoms with Gasteiger partial charge < -0.3 is 5.32 Å². The molecule has 0 saturated carbocycles. The maximum atomic E-state index is 11.8. The van der Waals surface area contributed by atoms with Crippen LogP contribution in [0, 0.1) is 0 Å². The van der Waals surface area contributed by atoms with Crippen LogP contribution in [0.25, 0.3) is 0 Å². The molecule has 0 aliphatic heterocycles. The highest BCUT2D eigenvalue weighted by Gasteiger charge is 2.08. The summed E-state index contributed by atoms with van der Waals surface area (Å²) in [5.74, 6) is -0.313. The second-order valence-electron chi connectivity index (χ2n) is 3.63. The summed E-state index contributed by atoms with van der Waals surface area (Å²) in [6, 6.07) is 5.13. The zero-order valence-electron chi connectivity index (χ0n) is 9.51. The summed E-state index contributed by atoms with van der Waals surface area (Å²) < 4.78 is 2.09. The quantitative estimate of drug-likeness (QED) is 0.863. The second kappa shape index (κ2) is 5.94. The fourth-order valence-electron chi connectivity index (χ4n) is 1.37. The maximum Gasteiger partial charge on any atom is 0.246 e. The second-order valence-corrected chi connectivity index (χ2v) is 4.95. The Morgan fingerprint density at radius 1 is 1.53 bits per heavy atom. The lowest BCUT2D eigenvalue weighted by atomic mass is 10.3. The predicted molar refractivity (Wildman–Crippen MR) is 73.2 cm³/mol. The van der Waals surface area contributed by atoms with Gasteiger partial charge in [0.1, 0.15) is 12.2 Å². The van der Waals surface area contributed by atoms with Crippen LogP contribution >= 0.6 is 27.5 Å². The molecule has 2 aromatic rings. The fourth-order valence-corrected chi connectivity index (χ4v) is 2.09. The van der Waals surface area contributed by atoms with Gasteiger partial charge in [0.2, 0.25) is 5.91 Å². The van der Waals surface area contributed by atoms with Gasteiger partial charge >= 0.3 is 0 Å². The van der Waals surface area contributed by atoms with Gasteiger partial charge in [0.05, 0.1) is 16.9 Å². The molecule has 2 rings (SSSR count). The molecule has 1 heterocycles. The van der Waals surface area contributed by atoms with E-state index in [9.17, 15) is 9.59 Å². The van der Waals surface area contributed by atoms with Crippen molar-refractivity contribution in [3.05, 3.63) is 39.6 Å². The van der Waals surface area contributed by atoms with Gasteiger partial charge in [-0.25, -0.2) is 4.68 Å². The SMILES string of the molecule is O=Cc1cn(CC(=O)Nc2ccc(Br)cc2Cl)nn1. The van der Waals surface area contributed by atoms with Gasteiger partial charge in [-0.15, -0.1) is 5.10 Å². The van der Waals surface area contributed by atoms with Gasteiger partial charge in [-0.1, -0.05) is 32.7 Å². The molecule has 0 saturated heterocycles. The van der Waals surface area contributed by atoms with Crippen molar-refractivity contribution >= 4 is 45.4 Å². The summed E-state index contributed by atoms with van der Waals surface area (Å²) in [5.41, 5.74) is 0.681. The van der Waals surface area contributed by atoms with Crippen molar-refractivity contribution in [3.63, 3.8) is 0 Å². The van der Waals surface area contributed by atoms with Gasteiger partial charge in [-0.2, -0.15) is 0 Å². The van der Waals surface area contributed by atoms with Crippen LogP contribution in [0.3, 0.4) is 0 Å². The normalized spacial score (nSPS) is 10.2. The van der Waals surface area contributed by atoms with Crippen molar-refractivity contribution in [3.8, 4) is 0 Å². The molecule has 1 aromatic heterocycles. The molecule has 19 heavy (non-hydrogen) atoms. The minimum atomic E-state index is -0.313. The van der Waals surface area contributed by atoms with E-state index in [-0.39, 0.29) is 18.1 Å². The summed E-state index contributed by atoms with van der Waals surface area (Å²) in [5, 5.41) is 10.3. The Morgan fingerprint density at radius 3 is 2.95 bits per heavy atom. The third-order valence-electron chi connectivity index (χ3n) is 2.19. The van der Waals surface area contributed by atoms with Crippen LogP contribution in [0.1, 0.15) is 10.5 Å². The number of benzene rings is 1. The van der Waals surface area contributed by atoms with E-state index in [1.54, 1.807) is 18.2 Å². The fraction of sp³-hybridized carbons (Fsp3) is 0.0909. The van der Waals surface area contributed by atoms with E-state index < -0.39 is 0 Å². The van der Waals surface area contributed by atoms with Crippen LogP contribution in [-0.2, 0) is 11.3 Å². The summed E-state index contributed by atoms with van der Waals surface area (Å²) in [4.78, 5) is 22.2. The van der Waals surface area contributed by atoms with E-state index in [4.69, 9.17) is 11.6 Å². The zero-order valence-corrected chi connectivity index (χ0v) is 11.8. The standard InChI is InChI=1S/C11H8BrClN4O2/c12-7-1-2-10(9(13)3-7)14-11(19)5-17-4-8(6-18)15-16-17/h1-4,6H,5H2,(H,14,19). The van der Waals surface area contributed by atoms with Crippen molar-refractivity contribution in [2.24, 2.45) is 0 Å². The Morgan fingerprint density at radius 2 is 2.32 bits per heavy atom. The van der Waals surface area contributed by atoms with Crippen LogP contribution in [-0.4, -0.2) is 27.2 Å². The summed E-state index contributed by atoms with van der Waals surface area (Å²) >= 11 is 9.25. The number of amides is 1. The highest BCUT2D eigenvalue weighted by molar-refractivity contribution is 9.10. The largest absolute Gasteiger partial charge is 0.323 e. The third kappa shape index (κ3) is 3.62. The highest BCUT2D eigenvalue weighted by Crippen LogP contribution is 2.25. The third-order valence-corrected chi connectivity index (χ3v) is 2.99. The number of carbonyl (C=O) groups excluding carboxylic acids is 2. The Bertz CT molecular complexity index is 629. The average molecular weight is 344 g/mol. The molecule has 0 fully saturated rings. The van der Waals surface area contributed by atoms with Crippen molar-refractivity contribution in [1.29, 1.82) is 0 Å². The first kappa shape index (κ1) is 13.7. The van der Waals surface area contributed by atoms with Gasteiger partial charge in [-0.05, 0) is 18.2 Å². The molecule has 0 aliphatic carbocycles. The number of carbonyl (C=O) groups is 2. The topological polar surface area (TPSA) is 76.9 Å². The molecule has 8 heteroatoms. The Labute approximate surface area is 121 Å². The van der Waals surface area contributed by atoms with E-state index in [1.165, 1.54) is 10.9 Å². The van der Waals surface area contributed by atoms with Crippen molar-refractivity contribution in [2.75, 3.05) is 5.32 Å². The number of nitrogens with zero attached hydrogens (tertiary/aromatic N) is 3.